The van der Waals surface area contributed by atoms with E-state index < -0.39 is 54.3 Å². The molecule has 0 saturated carbocycles. The summed E-state index contributed by atoms with van der Waals surface area (Å²) in [6.45, 7) is -1.10. The Morgan fingerprint density at radius 3 is 1.95 bits per heavy atom. The third-order valence-electron chi connectivity index (χ3n) is 2.94. The molecule has 0 spiro atoms. The van der Waals surface area contributed by atoms with Gasteiger partial charge in [0.2, 0.25) is 11.6 Å². The van der Waals surface area contributed by atoms with E-state index in [1.807, 2.05) is 0 Å². The van der Waals surface area contributed by atoms with Gasteiger partial charge in [-0.1, -0.05) is 0 Å². The summed E-state index contributed by atoms with van der Waals surface area (Å²) in [4.78, 5) is 2.98. The van der Waals surface area contributed by atoms with Crippen LogP contribution in [0, 0.1) is 29.4 Å². The van der Waals surface area contributed by atoms with Gasteiger partial charge < -0.3 is 4.90 Å². The largest absolute Gasteiger partial charge is 0.393 e. The quantitative estimate of drug-likeness (QED) is 0.583. The number of pyridine rings is 1. The Hall–Kier alpha value is -1.54. The van der Waals surface area contributed by atoms with Crippen molar-refractivity contribution >= 4 is 5.69 Å². The Labute approximate surface area is 102 Å². The summed E-state index contributed by atoms with van der Waals surface area (Å²) in [6, 6.07) is 0. The third kappa shape index (κ3) is 2.45. The van der Waals surface area contributed by atoms with Crippen LogP contribution in [0.3, 0.4) is 0 Å². The van der Waals surface area contributed by atoms with E-state index in [1.54, 1.807) is 0 Å². The van der Waals surface area contributed by atoms with Crippen molar-refractivity contribution < 1.29 is 30.7 Å². The first-order valence-electron chi connectivity index (χ1n) is 5.23. The molecule has 0 N–H and O–H groups in total. The van der Waals surface area contributed by atoms with Crippen LogP contribution in [0.25, 0.3) is 0 Å². The zero-order chi connectivity index (χ0) is 14.4. The number of hydrogen-bond acceptors (Lipinski definition) is 2. The minimum atomic E-state index is -4.52. The van der Waals surface area contributed by atoms with Gasteiger partial charge in [0.25, 0.3) is 11.9 Å². The lowest BCUT2D eigenvalue weighted by atomic mass is 10.1. The van der Waals surface area contributed by atoms with Crippen molar-refractivity contribution in [3.8, 4) is 0 Å². The van der Waals surface area contributed by atoms with Gasteiger partial charge in [0.05, 0.1) is 5.92 Å². The van der Waals surface area contributed by atoms with Crippen LogP contribution in [-0.2, 0) is 0 Å². The van der Waals surface area contributed by atoms with E-state index in [9.17, 15) is 30.7 Å². The zero-order valence-electron chi connectivity index (χ0n) is 9.24. The monoisotopic (exact) mass is 288 g/mol. The van der Waals surface area contributed by atoms with Gasteiger partial charge in [0, 0.05) is 13.1 Å². The molecule has 106 valence electrons. The van der Waals surface area contributed by atoms with Crippen LogP contribution in [0.1, 0.15) is 6.42 Å². The summed E-state index contributed by atoms with van der Waals surface area (Å²) >= 11 is 0. The Morgan fingerprint density at radius 2 is 1.53 bits per heavy atom. The standard InChI is InChI=1S/C10H7F7N2/c11-5-7(6(12)9(14)18-8(5)13)19-2-1-4(3-19)10(15,16)17/h4H,1-3H2. The maximum absolute atomic E-state index is 13.4. The molecule has 1 fully saturated rings. The van der Waals surface area contributed by atoms with Crippen LogP contribution in [0.5, 0.6) is 0 Å². The van der Waals surface area contributed by atoms with Crippen molar-refractivity contribution in [2.75, 3.05) is 18.0 Å². The molecule has 1 atom stereocenters. The first kappa shape index (κ1) is 13.9. The number of rotatable bonds is 1. The van der Waals surface area contributed by atoms with Gasteiger partial charge in [-0.2, -0.15) is 35.7 Å². The summed E-state index contributed by atoms with van der Waals surface area (Å²) in [5, 5.41) is 0. The molecule has 2 heterocycles. The highest BCUT2D eigenvalue weighted by Gasteiger charge is 2.45. The number of alkyl halides is 3. The van der Waals surface area contributed by atoms with Crippen LogP contribution in [0.4, 0.5) is 36.4 Å². The fourth-order valence-corrected chi connectivity index (χ4v) is 1.98. The average molecular weight is 288 g/mol. The van der Waals surface area contributed by atoms with Gasteiger partial charge in [-0.15, -0.1) is 0 Å². The van der Waals surface area contributed by atoms with Crippen molar-refractivity contribution in [2.45, 2.75) is 12.6 Å². The number of aromatic nitrogens is 1. The first-order chi connectivity index (χ1) is 8.71. The molecular formula is C10H7F7N2. The molecule has 1 aliphatic heterocycles. The summed E-state index contributed by atoms with van der Waals surface area (Å²) in [5.41, 5.74) is -1.14. The van der Waals surface area contributed by atoms with Gasteiger partial charge in [-0.05, 0) is 6.42 Å². The van der Waals surface area contributed by atoms with Crippen molar-refractivity contribution in [2.24, 2.45) is 5.92 Å². The molecule has 0 radical (unpaired) electrons. The highest BCUT2D eigenvalue weighted by Crippen LogP contribution is 2.37. The van der Waals surface area contributed by atoms with Crippen molar-refractivity contribution in [1.82, 2.24) is 4.98 Å². The minimum Gasteiger partial charge on any atom is -0.366 e. The van der Waals surface area contributed by atoms with Gasteiger partial charge in [-0.3, -0.25) is 0 Å². The third-order valence-corrected chi connectivity index (χ3v) is 2.94. The average Bonchev–Trinajstić information content (AvgIpc) is 2.76. The van der Waals surface area contributed by atoms with Crippen LogP contribution in [0.15, 0.2) is 0 Å². The van der Waals surface area contributed by atoms with E-state index in [-0.39, 0.29) is 6.54 Å². The number of nitrogens with zero attached hydrogens (tertiary/aromatic N) is 2. The Bertz CT molecular complexity index is 473. The summed E-state index contributed by atoms with van der Waals surface area (Å²) in [5.74, 6) is -9.14. The molecule has 1 aromatic rings. The van der Waals surface area contributed by atoms with E-state index in [4.69, 9.17) is 0 Å². The lowest BCUT2D eigenvalue weighted by molar-refractivity contribution is -0.168. The highest BCUT2D eigenvalue weighted by molar-refractivity contribution is 5.49. The highest BCUT2D eigenvalue weighted by atomic mass is 19.4. The van der Waals surface area contributed by atoms with E-state index in [0.29, 0.717) is 4.90 Å². The summed E-state index contributed by atoms with van der Waals surface area (Å²) < 4.78 is 89.7. The summed E-state index contributed by atoms with van der Waals surface area (Å²) in [6.07, 6.45) is -4.92. The van der Waals surface area contributed by atoms with E-state index in [2.05, 4.69) is 4.98 Å². The van der Waals surface area contributed by atoms with Gasteiger partial charge >= 0.3 is 6.18 Å². The van der Waals surface area contributed by atoms with Crippen LogP contribution < -0.4 is 4.90 Å². The minimum absolute atomic E-state index is 0.346. The van der Waals surface area contributed by atoms with E-state index >= 15 is 0 Å². The molecule has 0 aromatic carbocycles. The maximum atomic E-state index is 13.4. The van der Waals surface area contributed by atoms with Crippen LogP contribution in [-0.4, -0.2) is 24.2 Å². The van der Waals surface area contributed by atoms with Gasteiger partial charge in [0.1, 0.15) is 5.69 Å². The topological polar surface area (TPSA) is 16.1 Å². The molecule has 0 bridgehead atoms. The lowest BCUT2D eigenvalue weighted by Crippen LogP contribution is -2.29. The van der Waals surface area contributed by atoms with Gasteiger partial charge in [-0.25, -0.2) is 0 Å². The zero-order valence-corrected chi connectivity index (χ0v) is 9.24. The molecule has 1 aromatic heterocycles. The number of anilines is 1. The lowest BCUT2D eigenvalue weighted by Gasteiger charge is -2.20. The SMILES string of the molecule is Fc1nc(F)c(F)c(N2CCC(C(F)(F)F)C2)c1F. The van der Waals surface area contributed by atoms with E-state index in [1.165, 1.54) is 0 Å². The molecule has 19 heavy (non-hydrogen) atoms. The van der Waals surface area contributed by atoms with Crippen molar-refractivity contribution in [3.63, 3.8) is 0 Å². The molecule has 9 heteroatoms. The number of halogens is 7. The first-order valence-corrected chi connectivity index (χ1v) is 5.23. The maximum Gasteiger partial charge on any atom is 0.393 e. The molecular weight excluding hydrogens is 281 g/mol. The Kier molecular flexibility index (Phi) is 3.31. The van der Waals surface area contributed by atoms with E-state index in [0.717, 1.165) is 0 Å². The predicted molar refractivity (Wildman–Crippen MR) is 50.4 cm³/mol. The summed E-state index contributed by atoms with van der Waals surface area (Å²) in [7, 11) is 0. The van der Waals surface area contributed by atoms with Crippen molar-refractivity contribution in [1.29, 1.82) is 0 Å². The fraction of sp³-hybridized carbons (Fsp3) is 0.500. The van der Waals surface area contributed by atoms with Gasteiger partial charge in [0.15, 0.2) is 0 Å². The smallest absolute Gasteiger partial charge is 0.366 e. The molecule has 1 saturated heterocycles. The van der Waals surface area contributed by atoms with Crippen LogP contribution in [0.2, 0.25) is 0 Å². The molecule has 0 amide bonds. The fourth-order valence-electron chi connectivity index (χ4n) is 1.98. The molecule has 2 nitrogen and oxygen atoms in total. The molecule has 1 aliphatic rings. The predicted octanol–water partition coefficient (Wildman–Crippen LogP) is 3.03. The Balaban J connectivity index is 2.35. The molecule has 0 aliphatic carbocycles. The Morgan fingerprint density at radius 1 is 1.00 bits per heavy atom. The van der Waals surface area contributed by atoms with Crippen molar-refractivity contribution in [3.05, 3.63) is 23.5 Å². The van der Waals surface area contributed by atoms with Crippen LogP contribution >= 0.6 is 0 Å². The second kappa shape index (κ2) is 4.53. The number of hydrogen-bond donors (Lipinski definition) is 0. The molecule has 2 rings (SSSR count). The second-order valence-corrected chi connectivity index (χ2v) is 4.14. The second-order valence-electron chi connectivity index (χ2n) is 4.14. The normalized spacial score (nSPS) is 20.2. The molecule has 1 unspecified atom stereocenters.